The average molecular weight is 432 g/mol. The van der Waals surface area contributed by atoms with Crippen molar-refractivity contribution in [1.29, 1.82) is 0 Å². The molecule has 2 amide bonds. The van der Waals surface area contributed by atoms with Crippen molar-refractivity contribution in [2.75, 3.05) is 12.4 Å². The van der Waals surface area contributed by atoms with Crippen LogP contribution in [-0.2, 0) is 14.3 Å². The Kier molecular flexibility index (Phi) is 6.84. The summed E-state index contributed by atoms with van der Waals surface area (Å²) in [6.07, 6.45) is 1.50. The van der Waals surface area contributed by atoms with E-state index in [2.05, 4.69) is 25.1 Å². The van der Waals surface area contributed by atoms with Gasteiger partial charge in [-0.2, -0.15) is 5.10 Å². The summed E-state index contributed by atoms with van der Waals surface area (Å²) >= 11 is 0. The van der Waals surface area contributed by atoms with Crippen molar-refractivity contribution >= 4 is 29.7 Å². The van der Waals surface area contributed by atoms with Gasteiger partial charge < -0.3 is 14.6 Å². The molecule has 1 aromatic heterocycles. The summed E-state index contributed by atoms with van der Waals surface area (Å²) in [6.45, 7) is 5.98. The normalized spacial score (nSPS) is 10.8. The molecule has 0 bridgehead atoms. The lowest BCUT2D eigenvalue weighted by atomic mass is 10.2. The molecule has 0 radical (unpaired) electrons. The number of nitrogens with one attached hydrogen (secondary N) is 2. The first-order chi connectivity index (χ1) is 15.3. The number of anilines is 1. The van der Waals surface area contributed by atoms with Gasteiger partial charge in [0.15, 0.2) is 0 Å². The smallest absolute Gasteiger partial charge is 0.337 e. The maximum Gasteiger partial charge on any atom is 0.337 e. The zero-order valence-electron chi connectivity index (χ0n) is 18.3. The van der Waals surface area contributed by atoms with E-state index in [0.717, 1.165) is 22.6 Å². The first-order valence-corrected chi connectivity index (χ1v) is 9.89. The minimum absolute atomic E-state index is 0.336. The third-order valence-electron chi connectivity index (χ3n) is 4.90. The Hall–Kier alpha value is -4.20. The van der Waals surface area contributed by atoms with Gasteiger partial charge in [-0.25, -0.2) is 10.2 Å². The standard InChI is InChI=1S/C24H24N4O4/c1-15-5-11-21(12-6-15)28-16(2)13-19(17(28)3)14-25-27-23(30)22(29)26-20-9-7-18(8-10-20)24(31)32-4/h5-14H,1-4H3,(H,26,29)(H,27,30)/b25-14+. The van der Waals surface area contributed by atoms with Crippen LogP contribution in [0.3, 0.4) is 0 Å². The minimum atomic E-state index is -0.911. The summed E-state index contributed by atoms with van der Waals surface area (Å²) in [5.74, 6) is -2.28. The predicted molar refractivity (Wildman–Crippen MR) is 122 cm³/mol. The Balaban J connectivity index is 1.62. The molecular formula is C24H24N4O4. The highest BCUT2D eigenvalue weighted by Crippen LogP contribution is 2.20. The SMILES string of the molecule is COC(=O)c1ccc(NC(=O)C(=O)N/N=C/c2cc(C)n(-c3ccc(C)cc3)c2C)cc1. The number of esters is 1. The number of carbonyl (C=O) groups is 3. The Morgan fingerprint density at radius 3 is 2.22 bits per heavy atom. The van der Waals surface area contributed by atoms with Crippen molar-refractivity contribution in [3.63, 3.8) is 0 Å². The first-order valence-electron chi connectivity index (χ1n) is 9.89. The molecule has 8 nitrogen and oxygen atoms in total. The molecule has 0 spiro atoms. The lowest BCUT2D eigenvalue weighted by Gasteiger charge is -2.09. The van der Waals surface area contributed by atoms with E-state index >= 15 is 0 Å². The number of hydrogen-bond donors (Lipinski definition) is 2. The quantitative estimate of drug-likeness (QED) is 0.280. The maximum atomic E-state index is 12.1. The van der Waals surface area contributed by atoms with Gasteiger partial charge >= 0.3 is 17.8 Å². The molecule has 0 saturated carbocycles. The Morgan fingerprint density at radius 2 is 1.59 bits per heavy atom. The van der Waals surface area contributed by atoms with Gasteiger partial charge in [0.05, 0.1) is 18.9 Å². The second-order valence-electron chi connectivity index (χ2n) is 7.22. The molecule has 2 N–H and O–H groups in total. The van der Waals surface area contributed by atoms with Crippen molar-refractivity contribution in [3.05, 3.63) is 82.7 Å². The summed E-state index contributed by atoms with van der Waals surface area (Å²) in [5.41, 5.74) is 7.94. The topological polar surface area (TPSA) is 102 Å². The molecule has 0 aliphatic carbocycles. The van der Waals surface area contributed by atoms with Crippen LogP contribution in [0, 0.1) is 20.8 Å². The van der Waals surface area contributed by atoms with Crippen LogP contribution in [-0.4, -0.2) is 35.7 Å². The highest BCUT2D eigenvalue weighted by atomic mass is 16.5. The van der Waals surface area contributed by atoms with Gasteiger partial charge in [0.2, 0.25) is 0 Å². The largest absolute Gasteiger partial charge is 0.465 e. The zero-order chi connectivity index (χ0) is 23.3. The molecule has 0 unspecified atom stereocenters. The van der Waals surface area contributed by atoms with Gasteiger partial charge in [-0.05, 0) is 63.2 Å². The first kappa shape index (κ1) is 22.5. The number of amides is 2. The van der Waals surface area contributed by atoms with E-state index in [-0.39, 0.29) is 0 Å². The van der Waals surface area contributed by atoms with E-state index in [1.807, 2.05) is 51.1 Å². The van der Waals surface area contributed by atoms with E-state index in [4.69, 9.17) is 0 Å². The van der Waals surface area contributed by atoms with Crippen molar-refractivity contribution in [2.45, 2.75) is 20.8 Å². The lowest BCUT2D eigenvalue weighted by Crippen LogP contribution is -2.32. The molecular weight excluding hydrogens is 408 g/mol. The number of hydrogen-bond acceptors (Lipinski definition) is 5. The molecule has 0 saturated heterocycles. The van der Waals surface area contributed by atoms with Gasteiger partial charge in [-0.3, -0.25) is 9.59 Å². The number of carbonyl (C=O) groups excluding carboxylic acids is 3. The zero-order valence-corrected chi connectivity index (χ0v) is 18.3. The number of nitrogens with zero attached hydrogens (tertiary/aromatic N) is 2. The molecule has 164 valence electrons. The van der Waals surface area contributed by atoms with E-state index in [1.54, 1.807) is 0 Å². The van der Waals surface area contributed by atoms with Gasteiger partial charge in [0.25, 0.3) is 0 Å². The van der Waals surface area contributed by atoms with Gasteiger partial charge in [-0.15, -0.1) is 0 Å². The monoisotopic (exact) mass is 432 g/mol. The van der Waals surface area contributed by atoms with Crippen molar-refractivity contribution in [3.8, 4) is 5.69 Å². The van der Waals surface area contributed by atoms with Crippen LogP contribution in [0.1, 0.15) is 32.9 Å². The van der Waals surface area contributed by atoms with Crippen LogP contribution >= 0.6 is 0 Å². The second-order valence-corrected chi connectivity index (χ2v) is 7.22. The fraction of sp³-hybridized carbons (Fsp3) is 0.167. The number of ether oxygens (including phenoxy) is 1. The average Bonchev–Trinajstić information content (AvgIpc) is 3.07. The fourth-order valence-electron chi connectivity index (χ4n) is 3.22. The Labute approximate surface area is 185 Å². The minimum Gasteiger partial charge on any atom is -0.465 e. The van der Waals surface area contributed by atoms with Gasteiger partial charge in [0.1, 0.15) is 0 Å². The fourth-order valence-corrected chi connectivity index (χ4v) is 3.22. The molecule has 2 aromatic carbocycles. The number of rotatable bonds is 5. The predicted octanol–water partition coefficient (Wildman–Crippen LogP) is 3.28. The molecule has 0 fully saturated rings. The Morgan fingerprint density at radius 1 is 0.938 bits per heavy atom. The number of methoxy groups -OCH3 is 1. The van der Waals surface area contributed by atoms with E-state index < -0.39 is 17.8 Å². The van der Waals surface area contributed by atoms with Crippen molar-refractivity contribution in [1.82, 2.24) is 9.99 Å². The molecule has 0 atom stereocenters. The van der Waals surface area contributed by atoms with Crippen LogP contribution in [0.2, 0.25) is 0 Å². The van der Waals surface area contributed by atoms with E-state index in [0.29, 0.717) is 11.3 Å². The molecule has 0 aliphatic heterocycles. The summed E-state index contributed by atoms with van der Waals surface area (Å²) in [5, 5.41) is 6.36. The van der Waals surface area contributed by atoms with E-state index in [1.165, 1.54) is 43.2 Å². The van der Waals surface area contributed by atoms with E-state index in [9.17, 15) is 14.4 Å². The number of hydrazone groups is 1. The summed E-state index contributed by atoms with van der Waals surface area (Å²) in [7, 11) is 1.28. The van der Waals surface area contributed by atoms with Crippen LogP contribution in [0.15, 0.2) is 59.7 Å². The van der Waals surface area contributed by atoms with Crippen LogP contribution in [0.5, 0.6) is 0 Å². The summed E-state index contributed by atoms with van der Waals surface area (Å²) in [4.78, 5) is 35.6. The molecule has 0 aliphatic rings. The lowest BCUT2D eigenvalue weighted by molar-refractivity contribution is -0.136. The van der Waals surface area contributed by atoms with Crippen molar-refractivity contribution < 1.29 is 19.1 Å². The summed E-state index contributed by atoms with van der Waals surface area (Å²) < 4.78 is 6.71. The molecule has 3 aromatic rings. The molecule has 1 heterocycles. The van der Waals surface area contributed by atoms with Gasteiger partial charge in [0, 0.05) is 28.3 Å². The molecule has 32 heavy (non-hydrogen) atoms. The third-order valence-corrected chi connectivity index (χ3v) is 4.90. The number of aromatic nitrogens is 1. The molecule has 3 rings (SSSR count). The highest BCUT2D eigenvalue weighted by molar-refractivity contribution is 6.39. The number of aryl methyl sites for hydroxylation is 2. The van der Waals surface area contributed by atoms with Crippen molar-refractivity contribution in [2.24, 2.45) is 5.10 Å². The van der Waals surface area contributed by atoms with Crippen LogP contribution < -0.4 is 10.7 Å². The highest BCUT2D eigenvalue weighted by Gasteiger charge is 2.14. The second kappa shape index (κ2) is 9.74. The molecule has 8 heteroatoms. The van der Waals surface area contributed by atoms with Gasteiger partial charge in [-0.1, -0.05) is 17.7 Å². The maximum absolute atomic E-state index is 12.1. The summed E-state index contributed by atoms with van der Waals surface area (Å²) in [6, 6.07) is 16.1. The number of benzene rings is 2. The van der Waals surface area contributed by atoms with Crippen LogP contribution in [0.25, 0.3) is 5.69 Å². The third kappa shape index (κ3) is 5.10. The Bertz CT molecular complexity index is 1180. The van der Waals surface area contributed by atoms with Crippen LogP contribution in [0.4, 0.5) is 5.69 Å².